The number of nitrogens with zero attached hydrogens (tertiary/aromatic N) is 2. The quantitative estimate of drug-likeness (QED) is 0.725. The van der Waals surface area contributed by atoms with Gasteiger partial charge in [-0.15, -0.1) is 0 Å². The van der Waals surface area contributed by atoms with E-state index < -0.39 is 10.0 Å². The number of anilines is 1. The van der Waals surface area contributed by atoms with Crippen LogP contribution in [0.2, 0.25) is 10.0 Å². The molecule has 0 aliphatic rings. The predicted molar refractivity (Wildman–Crippen MR) is 95.0 cm³/mol. The summed E-state index contributed by atoms with van der Waals surface area (Å²) in [5.74, 6) is 0. The second-order valence-electron chi connectivity index (χ2n) is 5.08. The van der Waals surface area contributed by atoms with Gasteiger partial charge in [0.05, 0.1) is 23.3 Å². The minimum atomic E-state index is -3.63. The number of hydrogen-bond acceptors (Lipinski definition) is 3. The summed E-state index contributed by atoms with van der Waals surface area (Å²) in [4.78, 5) is 0.193. The average Bonchev–Trinajstić information content (AvgIpc) is 2.97. The van der Waals surface area contributed by atoms with Crippen molar-refractivity contribution in [1.82, 2.24) is 9.78 Å². The van der Waals surface area contributed by atoms with Crippen molar-refractivity contribution in [2.24, 2.45) is 0 Å². The first-order valence-corrected chi connectivity index (χ1v) is 9.22. The fourth-order valence-electron chi connectivity index (χ4n) is 2.14. The second-order valence-corrected chi connectivity index (χ2v) is 7.61. The summed E-state index contributed by atoms with van der Waals surface area (Å²) in [6.45, 7) is 0.406. The van der Waals surface area contributed by atoms with Crippen LogP contribution in [0.25, 0.3) is 0 Å². The van der Waals surface area contributed by atoms with Gasteiger partial charge in [-0.2, -0.15) is 5.10 Å². The van der Waals surface area contributed by atoms with Gasteiger partial charge in [-0.25, -0.2) is 8.42 Å². The van der Waals surface area contributed by atoms with Gasteiger partial charge in [0.1, 0.15) is 0 Å². The Kier molecular flexibility index (Phi) is 4.80. The van der Waals surface area contributed by atoms with Gasteiger partial charge in [-0.05, 0) is 29.8 Å². The molecule has 0 amide bonds. The number of benzene rings is 2. The highest BCUT2D eigenvalue weighted by molar-refractivity contribution is 7.92. The van der Waals surface area contributed by atoms with Crippen LogP contribution in [0.15, 0.2) is 65.8 Å². The summed E-state index contributed by atoms with van der Waals surface area (Å²) >= 11 is 12.0. The Bertz CT molecular complexity index is 956. The molecule has 0 bridgehead atoms. The van der Waals surface area contributed by atoms with Crippen molar-refractivity contribution in [2.75, 3.05) is 4.72 Å². The molecule has 0 atom stereocenters. The Morgan fingerprint density at radius 2 is 1.83 bits per heavy atom. The number of aromatic nitrogens is 2. The third kappa shape index (κ3) is 3.90. The molecule has 1 N–H and O–H groups in total. The van der Waals surface area contributed by atoms with Gasteiger partial charge >= 0.3 is 0 Å². The maximum atomic E-state index is 12.3. The summed E-state index contributed by atoms with van der Waals surface area (Å²) in [5, 5.41) is 5.24. The van der Waals surface area contributed by atoms with Crippen molar-refractivity contribution in [3.05, 3.63) is 76.5 Å². The lowest BCUT2D eigenvalue weighted by atomic mass is 10.2. The van der Waals surface area contributed by atoms with E-state index in [0.29, 0.717) is 22.3 Å². The topological polar surface area (TPSA) is 64.0 Å². The minimum absolute atomic E-state index is 0.193. The van der Waals surface area contributed by atoms with Crippen molar-refractivity contribution in [3.8, 4) is 0 Å². The molecule has 0 aliphatic heterocycles. The molecule has 8 heteroatoms. The smallest absolute Gasteiger partial charge is 0.261 e. The van der Waals surface area contributed by atoms with E-state index in [1.165, 1.54) is 18.3 Å². The van der Waals surface area contributed by atoms with Crippen molar-refractivity contribution in [2.45, 2.75) is 11.4 Å². The Morgan fingerprint density at radius 3 is 2.54 bits per heavy atom. The molecule has 0 unspecified atom stereocenters. The van der Waals surface area contributed by atoms with Gasteiger partial charge in [0.15, 0.2) is 0 Å². The molecule has 5 nitrogen and oxygen atoms in total. The Labute approximate surface area is 149 Å². The first-order chi connectivity index (χ1) is 11.4. The van der Waals surface area contributed by atoms with Crippen LogP contribution in [0.1, 0.15) is 5.56 Å². The van der Waals surface area contributed by atoms with Gasteiger partial charge in [0.2, 0.25) is 0 Å². The maximum absolute atomic E-state index is 12.3. The standard InChI is InChI=1S/C16H13Cl2N3O2S/c17-13-7-6-12(16(18)8-13)10-21-11-14(9-19-21)20-24(22,23)15-4-2-1-3-5-15/h1-9,11,20H,10H2. The maximum Gasteiger partial charge on any atom is 0.261 e. The van der Waals surface area contributed by atoms with E-state index in [9.17, 15) is 8.42 Å². The monoisotopic (exact) mass is 381 g/mol. The molecule has 2 aromatic carbocycles. The van der Waals surface area contributed by atoms with Crippen LogP contribution in [0.5, 0.6) is 0 Å². The summed E-state index contributed by atoms with van der Waals surface area (Å²) in [6, 6.07) is 13.3. The lowest BCUT2D eigenvalue weighted by Gasteiger charge is -2.06. The van der Waals surface area contributed by atoms with Crippen molar-refractivity contribution in [3.63, 3.8) is 0 Å². The lowest BCUT2D eigenvalue weighted by molar-refractivity contribution is 0.601. The zero-order valence-corrected chi connectivity index (χ0v) is 14.7. The van der Waals surface area contributed by atoms with Gasteiger partial charge in [-0.1, -0.05) is 47.5 Å². The van der Waals surface area contributed by atoms with Gasteiger partial charge in [0.25, 0.3) is 10.0 Å². The molecule has 1 heterocycles. The van der Waals surface area contributed by atoms with Crippen LogP contribution in [-0.2, 0) is 16.6 Å². The number of hydrogen-bond donors (Lipinski definition) is 1. The Hall–Kier alpha value is -2.02. The number of nitrogens with one attached hydrogen (secondary N) is 1. The van der Waals surface area contributed by atoms with Crippen LogP contribution >= 0.6 is 23.2 Å². The van der Waals surface area contributed by atoms with Crippen LogP contribution in [0, 0.1) is 0 Å². The normalized spacial score (nSPS) is 11.4. The molecule has 0 saturated carbocycles. The average molecular weight is 382 g/mol. The van der Waals surface area contributed by atoms with Crippen molar-refractivity contribution >= 4 is 38.9 Å². The van der Waals surface area contributed by atoms with Gasteiger partial charge < -0.3 is 0 Å². The Morgan fingerprint density at radius 1 is 1.08 bits per heavy atom. The SMILES string of the molecule is O=S(=O)(Nc1cnn(Cc2ccc(Cl)cc2Cl)c1)c1ccccc1. The molecule has 124 valence electrons. The predicted octanol–water partition coefficient (Wildman–Crippen LogP) is 4.04. The molecule has 3 aromatic rings. The van der Waals surface area contributed by atoms with Crippen LogP contribution in [0.3, 0.4) is 0 Å². The van der Waals surface area contributed by atoms with E-state index in [2.05, 4.69) is 9.82 Å². The van der Waals surface area contributed by atoms with E-state index in [-0.39, 0.29) is 4.90 Å². The molecule has 0 fully saturated rings. The fraction of sp³-hybridized carbons (Fsp3) is 0.0625. The highest BCUT2D eigenvalue weighted by Gasteiger charge is 2.14. The molecular weight excluding hydrogens is 369 g/mol. The molecule has 0 radical (unpaired) electrons. The lowest BCUT2D eigenvalue weighted by Crippen LogP contribution is -2.12. The van der Waals surface area contributed by atoms with E-state index in [1.807, 2.05) is 0 Å². The zero-order valence-electron chi connectivity index (χ0n) is 12.4. The highest BCUT2D eigenvalue weighted by Crippen LogP contribution is 2.22. The molecule has 0 spiro atoms. The van der Waals surface area contributed by atoms with Gasteiger partial charge in [-0.3, -0.25) is 9.40 Å². The van der Waals surface area contributed by atoms with Crippen LogP contribution in [0.4, 0.5) is 5.69 Å². The Balaban J connectivity index is 1.76. The van der Waals surface area contributed by atoms with Crippen molar-refractivity contribution in [1.29, 1.82) is 0 Å². The highest BCUT2D eigenvalue weighted by atomic mass is 35.5. The zero-order chi connectivity index (χ0) is 17.2. The number of rotatable bonds is 5. The van der Waals surface area contributed by atoms with E-state index >= 15 is 0 Å². The number of sulfonamides is 1. The fourth-order valence-corrected chi connectivity index (χ4v) is 3.66. The van der Waals surface area contributed by atoms with Crippen molar-refractivity contribution < 1.29 is 8.42 Å². The molecule has 0 saturated heterocycles. The molecule has 1 aromatic heterocycles. The third-order valence-electron chi connectivity index (χ3n) is 3.29. The minimum Gasteiger partial charge on any atom is -0.276 e. The summed E-state index contributed by atoms with van der Waals surface area (Å²) < 4.78 is 28.6. The molecular formula is C16H13Cl2N3O2S. The summed E-state index contributed by atoms with van der Waals surface area (Å²) in [6.07, 6.45) is 3.05. The van der Waals surface area contributed by atoms with E-state index in [0.717, 1.165) is 5.56 Å². The largest absolute Gasteiger partial charge is 0.276 e. The second kappa shape index (κ2) is 6.84. The molecule has 3 rings (SSSR count). The first kappa shape index (κ1) is 16.8. The molecule has 0 aliphatic carbocycles. The summed E-state index contributed by atoms with van der Waals surface area (Å²) in [5.41, 5.74) is 1.21. The van der Waals surface area contributed by atoms with E-state index in [1.54, 1.807) is 47.3 Å². The first-order valence-electron chi connectivity index (χ1n) is 6.98. The number of halogens is 2. The molecule has 24 heavy (non-hydrogen) atoms. The van der Waals surface area contributed by atoms with E-state index in [4.69, 9.17) is 23.2 Å². The van der Waals surface area contributed by atoms with Crippen LogP contribution in [-0.4, -0.2) is 18.2 Å². The summed E-state index contributed by atoms with van der Waals surface area (Å²) in [7, 11) is -3.63. The van der Waals surface area contributed by atoms with Crippen LogP contribution < -0.4 is 4.72 Å². The van der Waals surface area contributed by atoms with Gasteiger partial charge in [0, 0.05) is 16.2 Å². The third-order valence-corrected chi connectivity index (χ3v) is 5.27.